The summed E-state index contributed by atoms with van der Waals surface area (Å²) in [5, 5.41) is 13.6. The van der Waals surface area contributed by atoms with Crippen molar-refractivity contribution in [1.82, 2.24) is 0 Å². The molecular weight excluding hydrogens is 224 g/mol. The molecule has 102 valence electrons. The van der Waals surface area contributed by atoms with Gasteiger partial charge in [-0.25, -0.2) is 0 Å². The number of carbonyl (C=O) groups excluding carboxylic acids is 1. The van der Waals surface area contributed by atoms with Crippen LogP contribution in [-0.2, 0) is 4.79 Å². The first-order valence-electron chi connectivity index (χ1n) is 6.09. The van der Waals surface area contributed by atoms with Crippen molar-refractivity contribution < 1.29 is 15.1 Å². The van der Waals surface area contributed by atoms with Crippen molar-refractivity contribution in [1.29, 1.82) is 0 Å². The van der Waals surface area contributed by atoms with Gasteiger partial charge in [0, 0.05) is 6.42 Å². The molecule has 0 aromatic heterocycles. The smallest absolute Gasteiger partial charge is 0.291 e. The van der Waals surface area contributed by atoms with Crippen molar-refractivity contribution in [3.05, 3.63) is 10.1 Å². The average Bonchev–Trinajstić information content (AvgIpc) is 2.26. The summed E-state index contributed by atoms with van der Waals surface area (Å²) in [6.45, 7) is 2.44. The summed E-state index contributed by atoms with van der Waals surface area (Å²) >= 11 is 0. The maximum Gasteiger partial charge on any atom is 0.291 e. The third-order valence-electron chi connectivity index (χ3n) is 2.29. The summed E-state index contributed by atoms with van der Waals surface area (Å²) in [4.78, 5) is 19.2. The topological polar surface area (TPSA) is 106 Å². The highest BCUT2D eigenvalue weighted by molar-refractivity contribution is 5.80. The van der Waals surface area contributed by atoms with Crippen LogP contribution in [-0.4, -0.2) is 22.6 Å². The van der Waals surface area contributed by atoms with Crippen LogP contribution in [0.2, 0.25) is 0 Å². The van der Waals surface area contributed by atoms with Gasteiger partial charge < -0.3 is 10.9 Å². The van der Waals surface area contributed by atoms with Gasteiger partial charge in [-0.2, -0.15) is 0 Å². The van der Waals surface area contributed by atoms with Gasteiger partial charge >= 0.3 is 0 Å². The Balaban J connectivity index is 0. The van der Waals surface area contributed by atoms with Crippen LogP contribution < -0.4 is 5.73 Å². The van der Waals surface area contributed by atoms with E-state index in [1.54, 1.807) is 0 Å². The molecule has 0 aromatic carbocycles. The van der Waals surface area contributed by atoms with Crippen molar-refractivity contribution in [2.75, 3.05) is 6.54 Å². The van der Waals surface area contributed by atoms with E-state index in [2.05, 4.69) is 6.92 Å². The van der Waals surface area contributed by atoms with E-state index in [-0.39, 0.29) is 12.3 Å². The number of ketones is 1. The van der Waals surface area contributed by atoms with Gasteiger partial charge in [-0.3, -0.25) is 4.79 Å². The maximum absolute atomic E-state index is 10.8. The number of nitrogens with two attached hydrogens (primary N) is 1. The van der Waals surface area contributed by atoms with Crippen LogP contribution in [0.1, 0.15) is 58.3 Å². The van der Waals surface area contributed by atoms with E-state index in [9.17, 15) is 4.79 Å². The van der Waals surface area contributed by atoms with Crippen LogP contribution >= 0.6 is 0 Å². The van der Waals surface area contributed by atoms with E-state index in [0.29, 0.717) is 6.42 Å². The minimum absolute atomic E-state index is 0.202. The molecule has 0 unspecified atom stereocenters. The first kappa shape index (κ1) is 18.2. The highest BCUT2D eigenvalue weighted by Crippen LogP contribution is 2.08. The van der Waals surface area contributed by atoms with Gasteiger partial charge in [0.15, 0.2) is 0 Å². The van der Waals surface area contributed by atoms with Crippen LogP contribution in [0, 0.1) is 10.1 Å². The number of hydrogen-bond acceptors (Lipinski definition) is 4. The molecule has 0 atom stereocenters. The normalized spacial score (nSPS) is 9.29. The minimum Gasteiger partial charge on any atom is -0.328 e. The summed E-state index contributed by atoms with van der Waals surface area (Å²) < 4.78 is 0. The third-order valence-corrected chi connectivity index (χ3v) is 2.29. The quantitative estimate of drug-likeness (QED) is 0.370. The molecule has 0 saturated carbocycles. The van der Waals surface area contributed by atoms with Gasteiger partial charge in [-0.15, -0.1) is 10.1 Å². The summed E-state index contributed by atoms with van der Waals surface area (Å²) in [6, 6.07) is 0. The Bertz CT molecular complexity index is 194. The Hall–Kier alpha value is -1.17. The molecule has 0 saturated heterocycles. The summed E-state index contributed by atoms with van der Waals surface area (Å²) in [6.07, 6.45) is 9.50. The molecule has 0 radical (unpaired) electrons. The molecular formula is C11H24N2O4. The molecule has 0 fully saturated rings. The van der Waals surface area contributed by atoms with Gasteiger partial charge in [0.25, 0.3) is 5.09 Å². The van der Waals surface area contributed by atoms with Gasteiger partial charge in [-0.1, -0.05) is 45.4 Å². The average molecular weight is 248 g/mol. The van der Waals surface area contributed by atoms with E-state index in [0.717, 1.165) is 6.42 Å². The fraction of sp³-hybridized carbons (Fsp3) is 0.909. The Kier molecular flexibility index (Phi) is 15.9. The number of nitrogens with zero attached hydrogens (tertiary/aromatic N) is 1. The molecule has 0 aliphatic heterocycles. The molecule has 6 nitrogen and oxygen atoms in total. The van der Waals surface area contributed by atoms with Gasteiger partial charge in [0.1, 0.15) is 5.78 Å². The van der Waals surface area contributed by atoms with Crippen LogP contribution in [0.4, 0.5) is 0 Å². The van der Waals surface area contributed by atoms with E-state index in [1.165, 1.54) is 38.5 Å². The molecule has 0 bridgehead atoms. The zero-order valence-corrected chi connectivity index (χ0v) is 10.6. The standard InChI is InChI=1S/C11H23NO.HNO3/c1-2-3-4-5-6-7-8-9-11(13)10-12;2-1(3)4/h2-10,12H2,1H3;(H,2,3,4). The van der Waals surface area contributed by atoms with Crippen LogP contribution in [0.5, 0.6) is 0 Å². The molecule has 0 spiro atoms. The highest BCUT2D eigenvalue weighted by Gasteiger charge is 1.97. The molecule has 6 heteroatoms. The SMILES string of the molecule is CCCCCCCCCC(=O)CN.O=[N+]([O-])O. The molecule has 3 N–H and O–H groups in total. The lowest BCUT2D eigenvalue weighted by atomic mass is 10.1. The molecule has 0 aliphatic rings. The van der Waals surface area contributed by atoms with E-state index >= 15 is 0 Å². The second-order valence-electron chi connectivity index (χ2n) is 3.85. The Labute approximate surface area is 102 Å². The lowest BCUT2D eigenvalue weighted by molar-refractivity contribution is -0.742. The van der Waals surface area contributed by atoms with Crippen molar-refractivity contribution in [2.45, 2.75) is 58.3 Å². The molecule has 17 heavy (non-hydrogen) atoms. The molecule has 0 aromatic rings. The predicted octanol–water partition coefficient (Wildman–Crippen LogP) is 2.31. The summed E-state index contributed by atoms with van der Waals surface area (Å²) in [7, 11) is 0. The van der Waals surface area contributed by atoms with Crippen molar-refractivity contribution in [3.8, 4) is 0 Å². The van der Waals surface area contributed by atoms with Crippen molar-refractivity contribution in [3.63, 3.8) is 0 Å². The second-order valence-corrected chi connectivity index (χ2v) is 3.85. The van der Waals surface area contributed by atoms with Crippen LogP contribution in [0.3, 0.4) is 0 Å². The summed E-state index contributed by atoms with van der Waals surface area (Å²) in [5.41, 5.74) is 5.20. The number of carbonyl (C=O) groups is 1. The second kappa shape index (κ2) is 14.8. The zero-order chi connectivity index (χ0) is 13.5. The van der Waals surface area contributed by atoms with Crippen LogP contribution in [0.15, 0.2) is 0 Å². The number of Topliss-reactive ketones (excluding diaryl/α,β-unsaturated/α-hetero) is 1. The van der Waals surface area contributed by atoms with Gasteiger partial charge in [0.05, 0.1) is 6.54 Å². The highest BCUT2D eigenvalue weighted by atomic mass is 16.9. The summed E-state index contributed by atoms with van der Waals surface area (Å²) in [5.74, 6) is 0.202. The monoisotopic (exact) mass is 248 g/mol. The molecule has 0 aliphatic carbocycles. The Morgan fingerprint density at radius 1 is 1.18 bits per heavy atom. The van der Waals surface area contributed by atoms with Gasteiger partial charge in [-0.05, 0) is 6.42 Å². The zero-order valence-electron chi connectivity index (χ0n) is 10.6. The fourth-order valence-corrected chi connectivity index (χ4v) is 1.38. The Morgan fingerprint density at radius 2 is 1.59 bits per heavy atom. The third kappa shape index (κ3) is 25.3. The first-order valence-corrected chi connectivity index (χ1v) is 6.09. The lowest BCUT2D eigenvalue weighted by Crippen LogP contribution is -2.12. The largest absolute Gasteiger partial charge is 0.328 e. The first-order chi connectivity index (χ1) is 8.04. The number of unbranched alkanes of at least 4 members (excludes halogenated alkanes) is 6. The fourth-order valence-electron chi connectivity index (χ4n) is 1.38. The van der Waals surface area contributed by atoms with Crippen molar-refractivity contribution >= 4 is 5.78 Å². The predicted molar refractivity (Wildman–Crippen MR) is 65.5 cm³/mol. The maximum atomic E-state index is 10.8. The van der Waals surface area contributed by atoms with Gasteiger partial charge in [0.2, 0.25) is 0 Å². The van der Waals surface area contributed by atoms with E-state index in [1.807, 2.05) is 0 Å². The molecule has 0 amide bonds. The number of hydrogen-bond donors (Lipinski definition) is 2. The van der Waals surface area contributed by atoms with E-state index in [4.69, 9.17) is 21.1 Å². The van der Waals surface area contributed by atoms with Crippen LogP contribution in [0.25, 0.3) is 0 Å². The number of rotatable bonds is 9. The van der Waals surface area contributed by atoms with E-state index < -0.39 is 5.09 Å². The van der Waals surface area contributed by atoms with Crippen molar-refractivity contribution in [2.24, 2.45) is 5.73 Å². The minimum atomic E-state index is -1.50. The lowest BCUT2D eigenvalue weighted by Gasteiger charge is -1.99. The molecule has 0 rings (SSSR count). The molecule has 0 heterocycles. The Morgan fingerprint density at radius 3 is 2.00 bits per heavy atom.